The van der Waals surface area contributed by atoms with Crippen LogP contribution >= 0.6 is 11.3 Å². The van der Waals surface area contributed by atoms with Crippen molar-refractivity contribution in [3.8, 4) is 23.0 Å². The van der Waals surface area contributed by atoms with Crippen LogP contribution in [0.1, 0.15) is 41.1 Å². The van der Waals surface area contributed by atoms with Crippen LogP contribution in [0.3, 0.4) is 0 Å². The summed E-state index contributed by atoms with van der Waals surface area (Å²) in [5, 5.41) is 0. The Morgan fingerprint density at radius 1 is 0.900 bits per heavy atom. The smallest absolute Gasteiger partial charge is 0.271 e. The predicted octanol–water partition coefficient (Wildman–Crippen LogP) is 4.74. The van der Waals surface area contributed by atoms with E-state index in [0.717, 1.165) is 47.4 Å². The Morgan fingerprint density at radius 3 is 2.30 bits per heavy atom. The number of benzene rings is 3. The molecule has 40 heavy (non-hydrogen) atoms. The van der Waals surface area contributed by atoms with Gasteiger partial charge in [0.05, 0.1) is 44.7 Å². The van der Waals surface area contributed by atoms with Gasteiger partial charge in [-0.1, -0.05) is 47.7 Å². The fourth-order valence-corrected chi connectivity index (χ4v) is 6.65. The Hall–Kier alpha value is -4.30. The Balaban J connectivity index is 1.59. The molecule has 2 aliphatic rings. The van der Waals surface area contributed by atoms with Crippen LogP contribution in [0.5, 0.6) is 23.0 Å². The van der Waals surface area contributed by atoms with Crippen molar-refractivity contribution in [1.82, 2.24) is 4.57 Å². The average molecular weight is 555 g/mol. The standard InChI is InChI=1S/C32H30N2O5S/c1-36-22-14-12-21(13-15-22)29-24-11-7-9-20-8-5-6-10-23(20)28(24)33-32-34(29)31(35)27(40-32)18-19-16-25(37-2)30(39-4)26(17-19)38-3/h5-6,8,10,12-18,29H,7,9,11H2,1-4H3/b27-18-. The molecular weight excluding hydrogens is 524 g/mol. The Bertz CT molecular complexity index is 1780. The van der Waals surface area contributed by atoms with E-state index in [1.165, 1.54) is 22.5 Å². The summed E-state index contributed by atoms with van der Waals surface area (Å²) in [6.45, 7) is 0. The van der Waals surface area contributed by atoms with Crippen LogP contribution in [-0.4, -0.2) is 33.0 Å². The molecule has 1 unspecified atom stereocenters. The summed E-state index contributed by atoms with van der Waals surface area (Å²) in [5.74, 6) is 2.34. The third kappa shape index (κ3) is 4.38. The van der Waals surface area contributed by atoms with Crippen molar-refractivity contribution in [3.05, 3.63) is 108 Å². The molecular formula is C32H30N2O5S. The highest BCUT2D eigenvalue weighted by Gasteiger charge is 2.31. The van der Waals surface area contributed by atoms with E-state index >= 15 is 0 Å². The maximum atomic E-state index is 14.1. The zero-order valence-corrected chi connectivity index (χ0v) is 23.7. The summed E-state index contributed by atoms with van der Waals surface area (Å²) in [7, 11) is 6.38. The molecule has 0 radical (unpaired) electrons. The Morgan fingerprint density at radius 2 is 1.62 bits per heavy atom. The number of nitrogens with zero attached hydrogens (tertiary/aromatic N) is 2. The third-order valence-electron chi connectivity index (χ3n) is 7.52. The molecule has 0 fully saturated rings. The van der Waals surface area contributed by atoms with E-state index in [-0.39, 0.29) is 11.6 Å². The summed E-state index contributed by atoms with van der Waals surface area (Å²) < 4.78 is 24.4. The van der Waals surface area contributed by atoms with Crippen LogP contribution in [-0.2, 0) is 6.42 Å². The summed E-state index contributed by atoms with van der Waals surface area (Å²) in [4.78, 5) is 19.9. The van der Waals surface area contributed by atoms with E-state index in [0.29, 0.717) is 26.6 Å². The molecule has 6 rings (SSSR count). The van der Waals surface area contributed by atoms with Gasteiger partial charge >= 0.3 is 0 Å². The van der Waals surface area contributed by atoms with Crippen molar-refractivity contribution in [2.45, 2.75) is 25.3 Å². The number of fused-ring (bicyclic) bond motifs is 3. The van der Waals surface area contributed by atoms with Gasteiger partial charge in [-0.15, -0.1) is 0 Å². The van der Waals surface area contributed by atoms with Crippen molar-refractivity contribution in [1.29, 1.82) is 0 Å². The van der Waals surface area contributed by atoms with Gasteiger partial charge in [0.25, 0.3) is 5.56 Å². The molecule has 0 amide bonds. The second-order valence-electron chi connectivity index (χ2n) is 9.70. The quantitative estimate of drug-likeness (QED) is 0.344. The van der Waals surface area contributed by atoms with Crippen LogP contribution in [0.2, 0.25) is 0 Å². The first-order chi connectivity index (χ1) is 19.6. The fourth-order valence-electron chi connectivity index (χ4n) is 5.64. The summed E-state index contributed by atoms with van der Waals surface area (Å²) in [6.07, 6.45) is 4.70. The number of rotatable bonds is 6. The molecule has 1 aromatic heterocycles. The molecule has 2 heterocycles. The first kappa shape index (κ1) is 26.0. The number of hydrogen-bond donors (Lipinski definition) is 0. The van der Waals surface area contributed by atoms with Gasteiger partial charge in [0.1, 0.15) is 5.75 Å². The number of methoxy groups -OCH3 is 4. The molecule has 1 aliphatic carbocycles. The molecule has 3 aromatic carbocycles. The van der Waals surface area contributed by atoms with Crippen LogP contribution in [0.15, 0.2) is 76.0 Å². The first-order valence-corrected chi connectivity index (χ1v) is 13.9. The van der Waals surface area contributed by atoms with Crippen LogP contribution in [0.4, 0.5) is 0 Å². The van der Waals surface area contributed by atoms with E-state index in [9.17, 15) is 4.79 Å². The molecule has 4 aromatic rings. The minimum atomic E-state index is -0.259. The SMILES string of the molecule is COc1ccc(C2C3=C(N=c4s/c(=C\c5cc(OC)c(OC)c(OC)c5)c(=O)n42)c2ccccc2CCC3)cc1. The van der Waals surface area contributed by atoms with Gasteiger partial charge in [-0.25, -0.2) is 4.99 Å². The Labute approximate surface area is 236 Å². The molecule has 1 atom stereocenters. The van der Waals surface area contributed by atoms with Crippen molar-refractivity contribution in [2.75, 3.05) is 28.4 Å². The van der Waals surface area contributed by atoms with E-state index in [4.69, 9.17) is 23.9 Å². The minimum Gasteiger partial charge on any atom is -0.497 e. The molecule has 0 saturated carbocycles. The van der Waals surface area contributed by atoms with Crippen molar-refractivity contribution in [3.63, 3.8) is 0 Å². The number of allylic oxidation sites excluding steroid dienone is 1. The minimum absolute atomic E-state index is 0.0811. The molecule has 7 nitrogen and oxygen atoms in total. The van der Waals surface area contributed by atoms with E-state index in [2.05, 4.69) is 24.3 Å². The molecule has 0 spiro atoms. The monoisotopic (exact) mass is 554 g/mol. The van der Waals surface area contributed by atoms with E-state index < -0.39 is 0 Å². The second-order valence-corrected chi connectivity index (χ2v) is 10.7. The zero-order chi connectivity index (χ0) is 27.8. The zero-order valence-electron chi connectivity index (χ0n) is 22.9. The highest BCUT2D eigenvalue weighted by molar-refractivity contribution is 7.07. The van der Waals surface area contributed by atoms with Gasteiger partial charge in [0.2, 0.25) is 5.75 Å². The van der Waals surface area contributed by atoms with Crippen molar-refractivity contribution < 1.29 is 18.9 Å². The highest BCUT2D eigenvalue weighted by Crippen LogP contribution is 2.41. The molecule has 1 aliphatic heterocycles. The van der Waals surface area contributed by atoms with Gasteiger partial charge in [-0.05, 0) is 71.9 Å². The van der Waals surface area contributed by atoms with Crippen molar-refractivity contribution in [2.24, 2.45) is 4.99 Å². The topological polar surface area (TPSA) is 71.3 Å². The fraction of sp³-hybridized carbons (Fsp3) is 0.250. The van der Waals surface area contributed by atoms with Gasteiger partial charge in [0.15, 0.2) is 16.3 Å². The molecule has 0 saturated heterocycles. The van der Waals surface area contributed by atoms with Gasteiger partial charge in [-0.3, -0.25) is 9.36 Å². The number of thiazole rings is 1. The number of aryl methyl sites for hydroxylation is 1. The Kier molecular flexibility index (Phi) is 6.94. The van der Waals surface area contributed by atoms with Crippen LogP contribution < -0.4 is 33.8 Å². The van der Waals surface area contributed by atoms with Crippen LogP contribution in [0, 0.1) is 0 Å². The molecule has 204 valence electrons. The highest BCUT2D eigenvalue weighted by atomic mass is 32.1. The lowest BCUT2D eigenvalue weighted by molar-refractivity contribution is 0.324. The third-order valence-corrected chi connectivity index (χ3v) is 8.50. The largest absolute Gasteiger partial charge is 0.497 e. The lowest BCUT2D eigenvalue weighted by Gasteiger charge is -2.26. The predicted molar refractivity (Wildman–Crippen MR) is 156 cm³/mol. The maximum Gasteiger partial charge on any atom is 0.271 e. The molecule has 8 heteroatoms. The summed E-state index contributed by atoms with van der Waals surface area (Å²) >= 11 is 1.39. The molecule has 0 N–H and O–H groups in total. The number of ether oxygens (including phenoxy) is 4. The van der Waals surface area contributed by atoms with Crippen LogP contribution in [0.25, 0.3) is 11.8 Å². The normalized spacial score (nSPS) is 16.3. The second kappa shape index (κ2) is 10.7. The average Bonchev–Trinajstić information content (AvgIpc) is 3.18. The van der Waals surface area contributed by atoms with Gasteiger partial charge in [0, 0.05) is 5.56 Å². The first-order valence-electron chi connectivity index (χ1n) is 13.1. The summed E-state index contributed by atoms with van der Waals surface area (Å²) in [5.41, 5.74) is 6.31. The maximum absolute atomic E-state index is 14.1. The van der Waals surface area contributed by atoms with E-state index in [1.807, 2.05) is 47.0 Å². The molecule has 0 bridgehead atoms. The van der Waals surface area contributed by atoms with E-state index in [1.54, 1.807) is 28.4 Å². The number of aromatic nitrogens is 1. The summed E-state index contributed by atoms with van der Waals surface area (Å²) in [6, 6.07) is 19.9. The lowest BCUT2D eigenvalue weighted by atomic mass is 9.91. The van der Waals surface area contributed by atoms with Gasteiger partial charge < -0.3 is 18.9 Å². The number of hydrogen-bond acceptors (Lipinski definition) is 7. The van der Waals surface area contributed by atoms with Gasteiger partial charge in [-0.2, -0.15) is 0 Å². The van der Waals surface area contributed by atoms with Crippen molar-refractivity contribution >= 4 is 23.1 Å². The lowest BCUT2D eigenvalue weighted by Crippen LogP contribution is -2.38.